The smallest absolute Gasteiger partial charge is 0.254 e. The average molecular weight is 385 g/mol. The molecule has 0 atom stereocenters. The number of rotatable bonds is 4. The highest BCUT2D eigenvalue weighted by Gasteiger charge is 2.31. The number of sulfonamides is 1. The van der Waals surface area contributed by atoms with Crippen LogP contribution in [0.5, 0.6) is 5.75 Å². The molecule has 0 radical (unpaired) electrons. The van der Waals surface area contributed by atoms with Crippen molar-refractivity contribution in [2.45, 2.75) is 4.90 Å². The summed E-state index contributed by atoms with van der Waals surface area (Å²) in [4.78, 5) is 14.3. The lowest BCUT2D eigenvalue weighted by Crippen LogP contribution is -2.50. The molecule has 2 aromatic carbocycles. The molecular formula is C19H19N3O4S. The number of piperazine rings is 1. The van der Waals surface area contributed by atoms with Crippen molar-refractivity contribution < 1.29 is 17.9 Å². The highest BCUT2D eigenvalue weighted by molar-refractivity contribution is 7.89. The van der Waals surface area contributed by atoms with E-state index in [0.29, 0.717) is 11.3 Å². The molecule has 0 spiro atoms. The summed E-state index contributed by atoms with van der Waals surface area (Å²) in [7, 11) is -2.24. The van der Waals surface area contributed by atoms with Gasteiger partial charge in [0, 0.05) is 31.7 Å². The van der Waals surface area contributed by atoms with Crippen molar-refractivity contribution in [3.8, 4) is 11.8 Å². The zero-order valence-corrected chi connectivity index (χ0v) is 15.6. The van der Waals surface area contributed by atoms with E-state index in [1.54, 1.807) is 41.3 Å². The van der Waals surface area contributed by atoms with Gasteiger partial charge < -0.3 is 9.64 Å². The minimum atomic E-state index is -3.78. The van der Waals surface area contributed by atoms with Gasteiger partial charge >= 0.3 is 0 Å². The Balaban J connectivity index is 1.73. The number of amides is 1. The van der Waals surface area contributed by atoms with Gasteiger partial charge in [-0.2, -0.15) is 9.57 Å². The van der Waals surface area contributed by atoms with Gasteiger partial charge in [-0.1, -0.05) is 18.2 Å². The number of hydrogen-bond acceptors (Lipinski definition) is 5. The van der Waals surface area contributed by atoms with Gasteiger partial charge in [0.25, 0.3) is 5.91 Å². The lowest BCUT2D eigenvalue weighted by atomic mass is 10.1. The normalized spacial score (nSPS) is 15.2. The summed E-state index contributed by atoms with van der Waals surface area (Å²) >= 11 is 0. The zero-order valence-electron chi connectivity index (χ0n) is 14.8. The lowest BCUT2D eigenvalue weighted by molar-refractivity contribution is 0.0697. The third kappa shape index (κ3) is 3.79. The van der Waals surface area contributed by atoms with Gasteiger partial charge in [-0.25, -0.2) is 8.42 Å². The summed E-state index contributed by atoms with van der Waals surface area (Å²) in [5.41, 5.74) is 0.618. The Morgan fingerprint density at radius 1 is 1.07 bits per heavy atom. The fourth-order valence-corrected chi connectivity index (χ4v) is 4.56. The third-order valence-electron chi connectivity index (χ3n) is 4.47. The van der Waals surface area contributed by atoms with E-state index in [9.17, 15) is 13.2 Å². The Bertz CT molecular complexity index is 990. The summed E-state index contributed by atoms with van der Waals surface area (Å²) in [6.07, 6.45) is 0. The fraction of sp³-hybridized carbons (Fsp3) is 0.263. The van der Waals surface area contributed by atoms with E-state index in [4.69, 9.17) is 10.00 Å². The molecule has 140 valence electrons. The highest BCUT2D eigenvalue weighted by Crippen LogP contribution is 2.22. The summed E-state index contributed by atoms with van der Waals surface area (Å²) in [5.74, 6) is 0.429. The Morgan fingerprint density at radius 2 is 1.78 bits per heavy atom. The van der Waals surface area contributed by atoms with Crippen molar-refractivity contribution >= 4 is 15.9 Å². The van der Waals surface area contributed by atoms with E-state index in [1.165, 1.54) is 23.5 Å². The van der Waals surface area contributed by atoms with Gasteiger partial charge in [-0.15, -0.1) is 0 Å². The predicted octanol–water partition coefficient (Wildman–Crippen LogP) is 1.71. The lowest BCUT2D eigenvalue weighted by Gasteiger charge is -2.34. The van der Waals surface area contributed by atoms with Crippen LogP contribution in [-0.4, -0.2) is 56.8 Å². The second-order valence-electron chi connectivity index (χ2n) is 6.04. The van der Waals surface area contributed by atoms with Crippen molar-refractivity contribution in [1.29, 1.82) is 5.26 Å². The largest absolute Gasteiger partial charge is 0.497 e. The van der Waals surface area contributed by atoms with Crippen molar-refractivity contribution in [3.63, 3.8) is 0 Å². The molecule has 1 aliphatic heterocycles. The van der Waals surface area contributed by atoms with Crippen LogP contribution in [0.15, 0.2) is 53.4 Å². The summed E-state index contributed by atoms with van der Waals surface area (Å²) in [6, 6.07) is 14.9. The summed E-state index contributed by atoms with van der Waals surface area (Å²) in [6.45, 7) is 0.920. The van der Waals surface area contributed by atoms with E-state index < -0.39 is 10.0 Å². The fourth-order valence-electron chi connectivity index (χ4n) is 2.99. The van der Waals surface area contributed by atoms with Crippen LogP contribution >= 0.6 is 0 Å². The minimum Gasteiger partial charge on any atom is -0.497 e. The topological polar surface area (TPSA) is 90.7 Å². The van der Waals surface area contributed by atoms with E-state index in [0.717, 1.165) is 0 Å². The van der Waals surface area contributed by atoms with Crippen LogP contribution in [0.3, 0.4) is 0 Å². The first-order chi connectivity index (χ1) is 13.0. The van der Waals surface area contributed by atoms with Gasteiger partial charge in [-0.3, -0.25) is 4.79 Å². The van der Waals surface area contributed by atoms with Crippen LogP contribution in [0.2, 0.25) is 0 Å². The first-order valence-corrected chi connectivity index (χ1v) is 9.84. The monoisotopic (exact) mass is 385 g/mol. The van der Waals surface area contributed by atoms with Gasteiger partial charge in [0.2, 0.25) is 10.0 Å². The summed E-state index contributed by atoms with van der Waals surface area (Å²) in [5, 5.41) is 9.17. The molecule has 0 saturated carbocycles. The first kappa shape index (κ1) is 18.9. The van der Waals surface area contributed by atoms with E-state index >= 15 is 0 Å². The third-order valence-corrected chi connectivity index (χ3v) is 6.42. The molecule has 1 fully saturated rings. The van der Waals surface area contributed by atoms with Gasteiger partial charge in [0.05, 0.1) is 17.6 Å². The Hall–Kier alpha value is -2.89. The minimum absolute atomic E-state index is 0.0000669. The second-order valence-corrected chi connectivity index (χ2v) is 7.94. The van der Waals surface area contributed by atoms with Crippen LogP contribution in [0, 0.1) is 11.3 Å². The highest BCUT2D eigenvalue weighted by atomic mass is 32.2. The number of carbonyl (C=O) groups is 1. The molecule has 0 aromatic heterocycles. The Labute approximate surface area is 158 Å². The van der Waals surface area contributed by atoms with Gasteiger partial charge in [-0.05, 0) is 30.3 Å². The first-order valence-electron chi connectivity index (χ1n) is 8.40. The molecule has 27 heavy (non-hydrogen) atoms. The van der Waals surface area contributed by atoms with Crippen molar-refractivity contribution in [3.05, 3.63) is 59.7 Å². The molecule has 1 saturated heterocycles. The molecule has 1 heterocycles. The van der Waals surface area contributed by atoms with Crippen molar-refractivity contribution in [2.75, 3.05) is 33.3 Å². The molecule has 7 nitrogen and oxygen atoms in total. The van der Waals surface area contributed by atoms with Crippen molar-refractivity contribution in [1.82, 2.24) is 9.21 Å². The molecule has 2 aromatic rings. The maximum atomic E-state index is 12.9. The zero-order chi connectivity index (χ0) is 19.4. The molecule has 3 rings (SSSR count). The van der Waals surface area contributed by atoms with Gasteiger partial charge in [0.1, 0.15) is 11.8 Å². The number of hydrogen-bond donors (Lipinski definition) is 0. The number of carbonyl (C=O) groups excluding carboxylic acids is 1. The quantitative estimate of drug-likeness (QED) is 0.799. The number of methoxy groups -OCH3 is 1. The SMILES string of the molecule is COc1cccc(C(=O)N2CCN(S(=O)(=O)c3ccccc3C#N)CC2)c1. The van der Waals surface area contributed by atoms with Crippen LogP contribution in [-0.2, 0) is 10.0 Å². The molecule has 1 aliphatic rings. The Morgan fingerprint density at radius 3 is 2.44 bits per heavy atom. The molecule has 8 heteroatoms. The van der Waals surface area contributed by atoms with Gasteiger partial charge in [0.15, 0.2) is 0 Å². The van der Waals surface area contributed by atoms with Crippen LogP contribution < -0.4 is 4.74 Å². The molecule has 0 aliphatic carbocycles. The molecule has 0 bridgehead atoms. The maximum Gasteiger partial charge on any atom is 0.254 e. The molecule has 0 N–H and O–H groups in total. The molecule has 1 amide bonds. The van der Waals surface area contributed by atoms with Crippen molar-refractivity contribution in [2.24, 2.45) is 0 Å². The predicted molar refractivity (Wildman–Crippen MR) is 98.8 cm³/mol. The number of nitrogens with zero attached hydrogens (tertiary/aromatic N) is 3. The standard InChI is InChI=1S/C19H19N3O4S/c1-26-17-7-4-6-15(13-17)19(23)21-9-11-22(12-10-21)27(24,25)18-8-3-2-5-16(18)14-20/h2-8,13H,9-12H2,1H3. The molecule has 0 unspecified atom stereocenters. The number of ether oxygens (including phenoxy) is 1. The Kier molecular flexibility index (Phi) is 5.44. The average Bonchev–Trinajstić information content (AvgIpc) is 2.73. The summed E-state index contributed by atoms with van der Waals surface area (Å²) < 4.78 is 32.2. The van der Waals surface area contributed by atoms with Crippen LogP contribution in [0.25, 0.3) is 0 Å². The second kappa shape index (κ2) is 7.78. The van der Waals surface area contributed by atoms with E-state index in [1.807, 2.05) is 6.07 Å². The number of nitriles is 1. The van der Waals surface area contributed by atoms with Crippen LogP contribution in [0.4, 0.5) is 0 Å². The maximum absolute atomic E-state index is 12.9. The van der Waals surface area contributed by atoms with E-state index in [-0.39, 0.29) is 42.5 Å². The van der Waals surface area contributed by atoms with E-state index in [2.05, 4.69) is 0 Å². The molecular weight excluding hydrogens is 366 g/mol. The number of benzene rings is 2. The van der Waals surface area contributed by atoms with Crippen LogP contribution in [0.1, 0.15) is 15.9 Å².